The number of aromatic hydroxyl groups is 1. The molecular formula is C10H10BrClN2O4. The van der Waals surface area contributed by atoms with Crippen LogP contribution in [0.25, 0.3) is 0 Å². The standard InChI is InChI=1S/C10H10BrClN2O4/c1-10(2,11)9(16)13-6-3-5(12)4-7(8(6)15)14(17)18/h3-4,15H,1-2H3,(H,13,16). The summed E-state index contributed by atoms with van der Waals surface area (Å²) in [5.41, 5.74) is -0.670. The van der Waals surface area contributed by atoms with E-state index in [1.165, 1.54) is 6.07 Å². The average molecular weight is 338 g/mol. The molecule has 0 heterocycles. The first kappa shape index (κ1) is 14.7. The van der Waals surface area contributed by atoms with Gasteiger partial charge in [0.05, 0.1) is 14.9 Å². The molecule has 1 aromatic rings. The zero-order valence-electron chi connectivity index (χ0n) is 9.53. The summed E-state index contributed by atoms with van der Waals surface area (Å²) in [6, 6.07) is 2.24. The van der Waals surface area contributed by atoms with Crippen molar-refractivity contribution in [3.63, 3.8) is 0 Å². The van der Waals surface area contributed by atoms with Crippen LogP contribution in [0.2, 0.25) is 5.02 Å². The van der Waals surface area contributed by atoms with Crippen molar-refractivity contribution in [2.24, 2.45) is 0 Å². The van der Waals surface area contributed by atoms with Crippen LogP contribution >= 0.6 is 27.5 Å². The number of carbonyl (C=O) groups excluding carboxylic acids is 1. The van der Waals surface area contributed by atoms with Crippen LogP contribution in [0.4, 0.5) is 11.4 Å². The van der Waals surface area contributed by atoms with E-state index in [-0.39, 0.29) is 10.7 Å². The van der Waals surface area contributed by atoms with E-state index in [2.05, 4.69) is 21.2 Å². The minimum atomic E-state index is -0.878. The molecule has 0 fully saturated rings. The summed E-state index contributed by atoms with van der Waals surface area (Å²) in [6.45, 7) is 3.19. The normalized spacial score (nSPS) is 11.1. The second kappa shape index (κ2) is 5.11. The molecule has 8 heteroatoms. The zero-order chi connectivity index (χ0) is 14.1. The van der Waals surface area contributed by atoms with E-state index in [9.17, 15) is 20.0 Å². The van der Waals surface area contributed by atoms with Crippen LogP contribution in [0.1, 0.15) is 13.8 Å². The maximum absolute atomic E-state index is 11.7. The van der Waals surface area contributed by atoms with E-state index < -0.39 is 26.6 Å². The van der Waals surface area contributed by atoms with Gasteiger partial charge in [0.1, 0.15) is 0 Å². The van der Waals surface area contributed by atoms with Gasteiger partial charge in [-0.1, -0.05) is 27.5 Å². The Bertz CT molecular complexity index is 513. The van der Waals surface area contributed by atoms with Gasteiger partial charge in [0.2, 0.25) is 11.7 Å². The van der Waals surface area contributed by atoms with Crippen molar-refractivity contribution in [2.45, 2.75) is 18.2 Å². The first-order valence-corrected chi connectivity index (χ1v) is 5.97. The van der Waals surface area contributed by atoms with Gasteiger partial charge >= 0.3 is 5.69 Å². The molecule has 0 spiro atoms. The Hall–Kier alpha value is -1.34. The highest BCUT2D eigenvalue weighted by atomic mass is 79.9. The summed E-state index contributed by atoms with van der Waals surface area (Å²) in [4.78, 5) is 21.6. The van der Waals surface area contributed by atoms with E-state index in [1.807, 2.05) is 0 Å². The maximum atomic E-state index is 11.7. The molecule has 6 nitrogen and oxygen atoms in total. The van der Waals surface area contributed by atoms with Gasteiger partial charge < -0.3 is 10.4 Å². The predicted octanol–water partition coefficient (Wildman–Crippen LogP) is 3.07. The molecule has 0 aliphatic heterocycles. The van der Waals surface area contributed by atoms with Gasteiger partial charge in [0.25, 0.3) is 0 Å². The van der Waals surface area contributed by atoms with E-state index in [4.69, 9.17) is 11.6 Å². The van der Waals surface area contributed by atoms with E-state index in [0.717, 1.165) is 6.07 Å². The highest BCUT2D eigenvalue weighted by Gasteiger charge is 2.26. The van der Waals surface area contributed by atoms with Gasteiger partial charge in [-0.05, 0) is 19.9 Å². The number of hydrogen-bond donors (Lipinski definition) is 2. The van der Waals surface area contributed by atoms with E-state index in [0.29, 0.717) is 0 Å². The fourth-order valence-corrected chi connectivity index (χ4v) is 1.40. The number of nitrogens with one attached hydrogen (secondary N) is 1. The summed E-state index contributed by atoms with van der Waals surface area (Å²) in [5, 5.41) is 22.7. The van der Waals surface area contributed by atoms with Gasteiger partial charge in [-0.3, -0.25) is 14.9 Å². The zero-order valence-corrected chi connectivity index (χ0v) is 11.9. The van der Waals surface area contributed by atoms with Crippen molar-refractivity contribution in [1.82, 2.24) is 0 Å². The molecule has 0 aliphatic carbocycles. The van der Waals surface area contributed by atoms with Crippen molar-refractivity contribution >= 4 is 44.8 Å². The number of alkyl halides is 1. The summed E-state index contributed by atoms with van der Waals surface area (Å²) in [7, 11) is 0. The molecule has 1 rings (SSSR count). The summed E-state index contributed by atoms with van der Waals surface area (Å²) in [5.74, 6) is -1.09. The van der Waals surface area contributed by atoms with Crippen LogP contribution in [0.15, 0.2) is 12.1 Å². The average Bonchev–Trinajstić information content (AvgIpc) is 2.21. The molecule has 1 aromatic carbocycles. The number of nitro benzene ring substituents is 1. The van der Waals surface area contributed by atoms with Crippen molar-refractivity contribution < 1.29 is 14.8 Å². The second-order valence-electron chi connectivity index (χ2n) is 4.00. The number of anilines is 1. The molecule has 1 amide bonds. The first-order chi connectivity index (χ1) is 8.12. The fraction of sp³-hybridized carbons (Fsp3) is 0.300. The Labute approximate surface area is 116 Å². The molecule has 0 aromatic heterocycles. The number of amides is 1. The second-order valence-corrected chi connectivity index (χ2v) is 6.42. The molecule has 98 valence electrons. The smallest absolute Gasteiger partial charge is 0.314 e. The van der Waals surface area contributed by atoms with Gasteiger partial charge in [-0.2, -0.15) is 0 Å². The predicted molar refractivity (Wildman–Crippen MR) is 71.4 cm³/mol. The molecule has 0 saturated carbocycles. The number of benzene rings is 1. The summed E-state index contributed by atoms with van der Waals surface area (Å²) in [6.07, 6.45) is 0. The molecular weight excluding hydrogens is 327 g/mol. The number of phenolic OH excluding ortho intramolecular Hbond substituents is 1. The lowest BCUT2D eigenvalue weighted by Crippen LogP contribution is -2.31. The maximum Gasteiger partial charge on any atom is 0.314 e. The van der Waals surface area contributed by atoms with Crippen LogP contribution in [-0.2, 0) is 4.79 Å². The van der Waals surface area contributed by atoms with Crippen molar-refractivity contribution in [1.29, 1.82) is 0 Å². The molecule has 0 bridgehead atoms. The summed E-state index contributed by atoms with van der Waals surface area (Å²) < 4.78 is -0.878. The van der Waals surface area contributed by atoms with Crippen LogP contribution in [-0.4, -0.2) is 20.3 Å². The van der Waals surface area contributed by atoms with Crippen LogP contribution < -0.4 is 5.32 Å². The Morgan fingerprint density at radius 1 is 1.56 bits per heavy atom. The molecule has 18 heavy (non-hydrogen) atoms. The van der Waals surface area contributed by atoms with Crippen molar-refractivity contribution in [3.05, 3.63) is 27.3 Å². The molecule has 2 N–H and O–H groups in total. The minimum absolute atomic E-state index is 0.0437. The lowest BCUT2D eigenvalue weighted by Gasteiger charge is -2.16. The van der Waals surface area contributed by atoms with Gasteiger partial charge in [-0.15, -0.1) is 0 Å². The monoisotopic (exact) mass is 336 g/mol. The highest BCUT2D eigenvalue weighted by molar-refractivity contribution is 9.10. The van der Waals surface area contributed by atoms with E-state index in [1.54, 1.807) is 13.8 Å². The van der Waals surface area contributed by atoms with Crippen LogP contribution in [0, 0.1) is 10.1 Å². The van der Waals surface area contributed by atoms with Gasteiger partial charge in [-0.25, -0.2) is 0 Å². The van der Waals surface area contributed by atoms with Crippen LogP contribution in [0.3, 0.4) is 0 Å². The third-order valence-electron chi connectivity index (χ3n) is 2.04. The molecule has 0 unspecified atom stereocenters. The lowest BCUT2D eigenvalue weighted by molar-refractivity contribution is -0.385. The molecule has 0 saturated heterocycles. The SMILES string of the molecule is CC(C)(Br)C(=O)Nc1cc(Cl)cc([N+](=O)[O-])c1O. The fourth-order valence-electron chi connectivity index (χ4n) is 1.09. The molecule has 0 atom stereocenters. The number of hydrogen-bond acceptors (Lipinski definition) is 4. The number of carbonyl (C=O) groups is 1. The quantitative estimate of drug-likeness (QED) is 0.384. The third-order valence-corrected chi connectivity index (χ3v) is 2.62. The number of nitro groups is 1. The van der Waals surface area contributed by atoms with Gasteiger partial charge in [0, 0.05) is 11.1 Å². The Balaban J connectivity index is 3.18. The Morgan fingerprint density at radius 3 is 2.56 bits per heavy atom. The van der Waals surface area contributed by atoms with Crippen LogP contribution in [0.5, 0.6) is 5.75 Å². The van der Waals surface area contributed by atoms with Crippen molar-refractivity contribution in [3.8, 4) is 5.75 Å². The summed E-state index contributed by atoms with van der Waals surface area (Å²) >= 11 is 8.82. The van der Waals surface area contributed by atoms with Crippen molar-refractivity contribution in [2.75, 3.05) is 5.32 Å². The molecule has 0 radical (unpaired) electrons. The van der Waals surface area contributed by atoms with Gasteiger partial charge in [0.15, 0.2) is 0 Å². The number of halogens is 2. The number of phenols is 1. The number of nitrogens with zero attached hydrogens (tertiary/aromatic N) is 1. The topological polar surface area (TPSA) is 92.5 Å². The highest BCUT2D eigenvalue weighted by Crippen LogP contribution is 2.37. The Kier molecular flexibility index (Phi) is 4.18. The number of rotatable bonds is 3. The lowest BCUT2D eigenvalue weighted by atomic mass is 10.2. The Morgan fingerprint density at radius 2 is 2.11 bits per heavy atom. The first-order valence-electron chi connectivity index (χ1n) is 4.80. The minimum Gasteiger partial charge on any atom is -0.501 e. The molecule has 0 aliphatic rings. The third kappa shape index (κ3) is 3.33. The van der Waals surface area contributed by atoms with E-state index >= 15 is 0 Å². The largest absolute Gasteiger partial charge is 0.501 e.